The lowest BCUT2D eigenvalue weighted by Crippen LogP contribution is -2.45. The molecule has 0 spiro atoms. The summed E-state index contributed by atoms with van der Waals surface area (Å²) in [5.41, 5.74) is 5.31. The number of hydrogen-bond donors (Lipinski definition) is 1. The maximum absolute atomic E-state index is 13.7. The van der Waals surface area contributed by atoms with Gasteiger partial charge in [0.1, 0.15) is 11.6 Å². The fraction of sp³-hybridized carbons (Fsp3) is 0.148. The van der Waals surface area contributed by atoms with E-state index in [1.54, 1.807) is 24.3 Å². The van der Waals surface area contributed by atoms with Gasteiger partial charge in [-0.25, -0.2) is 8.78 Å². The van der Waals surface area contributed by atoms with E-state index in [1.807, 2.05) is 24.0 Å². The zero-order valence-corrected chi connectivity index (χ0v) is 19.9. The molecule has 1 unspecified atom stereocenters. The summed E-state index contributed by atoms with van der Waals surface area (Å²) >= 11 is 5.75. The van der Waals surface area contributed by atoms with Gasteiger partial charge in [0.05, 0.1) is 18.2 Å². The highest BCUT2D eigenvalue weighted by Gasteiger charge is 2.34. The maximum Gasteiger partial charge on any atom is 0.258 e. The van der Waals surface area contributed by atoms with Gasteiger partial charge < -0.3 is 14.7 Å². The summed E-state index contributed by atoms with van der Waals surface area (Å²) in [6.45, 7) is 4.58. The quantitative estimate of drug-likeness (QED) is 0.338. The molecular weight excluding hydrogens is 466 g/mol. The van der Waals surface area contributed by atoms with Crippen LogP contribution in [0.15, 0.2) is 83.0 Å². The van der Waals surface area contributed by atoms with Crippen LogP contribution in [0.2, 0.25) is 0 Å². The summed E-state index contributed by atoms with van der Waals surface area (Å²) in [7, 11) is 0. The minimum absolute atomic E-state index is 0.306. The third-order valence-corrected chi connectivity index (χ3v) is 6.49. The third kappa shape index (κ3) is 4.57. The summed E-state index contributed by atoms with van der Waals surface area (Å²) in [6.07, 6.45) is 0. The van der Waals surface area contributed by atoms with E-state index in [-0.39, 0.29) is 11.6 Å². The second kappa shape index (κ2) is 9.38. The molecule has 3 aromatic carbocycles. The first-order chi connectivity index (χ1) is 16.9. The van der Waals surface area contributed by atoms with E-state index in [9.17, 15) is 8.78 Å². The number of nitrogens with zero attached hydrogens (tertiary/aromatic N) is 3. The Bertz CT molecular complexity index is 1410. The van der Waals surface area contributed by atoms with Gasteiger partial charge in [-0.3, -0.25) is 0 Å². The molecule has 0 saturated heterocycles. The molecule has 0 amide bonds. The van der Waals surface area contributed by atoms with Crippen molar-refractivity contribution in [1.29, 1.82) is 0 Å². The van der Waals surface area contributed by atoms with Crippen molar-refractivity contribution in [2.75, 3.05) is 0 Å². The van der Waals surface area contributed by atoms with Crippen LogP contribution in [0.3, 0.4) is 0 Å². The number of aromatic nitrogens is 2. The second-order valence-electron chi connectivity index (χ2n) is 8.38. The molecule has 4 aromatic rings. The molecule has 1 aliphatic heterocycles. The molecule has 2 heterocycles. The van der Waals surface area contributed by atoms with E-state index in [0.29, 0.717) is 28.9 Å². The fourth-order valence-electron chi connectivity index (χ4n) is 4.16. The smallest absolute Gasteiger partial charge is 0.258 e. The van der Waals surface area contributed by atoms with E-state index in [1.165, 1.54) is 24.3 Å². The van der Waals surface area contributed by atoms with Gasteiger partial charge in [0.25, 0.3) is 5.89 Å². The van der Waals surface area contributed by atoms with Crippen LogP contribution in [0.1, 0.15) is 35.5 Å². The number of hydrogen-bond acceptors (Lipinski definition) is 4. The van der Waals surface area contributed by atoms with Crippen molar-refractivity contribution in [3.05, 3.63) is 113 Å². The van der Waals surface area contributed by atoms with Crippen LogP contribution in [0.25, 0.3) is 17.0 Å². The molecule has 176 valence electrons. The molecule has 8 heteroatoms. The summed E-state index contributed by atoms with van der Waals surface area (Å²) in [4.78, 5) is 6.61. The van der Waals surface area contributed by atoms with Crippen molar-refractivity contribution in [3.8, 4) is 11.4 Å². The zero-order valence-electron chi connectivity index (χ0n) is 19.1. The number of nitrogens with one attached hydrogen (secondary N) is 1. The fourth-order valence-corrected chi connectivity index (χ4v) is 4.48. The molecule has 0 aliphatic carbocycles. The first-order valence-electron chi connectivity index (χ1n) is 11.1. The van der Waals surface area contributed by atoms with Gasteiger partial charge in [0, 0.05) is 11.3 Å². The SMILES string of the molecule is CC1=C(c2nc(-c3ccc(F)cc3)no2)C(c2ccc(F)cc2)NC(=S)N1Cc1ccccc1C. The number of halogens is 2. The topological polar surface area (TPSA) is 54.2 Å². The minimum atomic E-state index is -0.419. The average Bonchev–Trinajstić information content (AvgIpc) is 3.33. The van der Waals surface area contributed by atoms with Crippen LogP contribution in [0.4, 0.5) is 8.78 Å². The predicted octanol–water partition coefficient (Wildman–Crippen LogP) is 6.19. The average molecular weight is 489 g/mol. The zero-order chi connectivity index (χ0) is 24.5. The highest BCUT2D eigenvalue weighted by atomic mass is 32.1. The second-order valence-corrected chi connectivity index (χ2v) is 8.76. The van der Waals surface area contributed by atoms with Crippen LogP contribution >= 0.6 is 12.2 Å². The summed E-state index contributed by atoms with van der Waals surface area (Å²) in [6, 6.07) is 19.8. The van der Waals surface area contributed by atoms with Gasteiger partial charge in [-0.1, -0.05) is 41.6 Å². The Balaban J connectivity index is 1.60. The van der Waals surface area contributed by atoms with Gasteiger partial charge in [0.2, 0.25) is 5.82 Å². The summed E-state index contributed by atoms with van der Waals surface area (Å²) in [5.74, 6) is -0.0196. The lowest BCUT2D eigenvalue weighted by molar-refractivity contribution is 0.396. The lowest BCUT2D eigenvalue weighted by Gasteiger charge is -2.37. The van der Waals surface area contributed by atoms with Crippen molar-refractivity contribution in [3.63, 3.8) is 0 Å². The number of aryl methyl sites for hydroxylation is 1. The van der Waals surface area contributed by atoms with Crippen LogP contribution in [-0.4, -0.2) is 20.2 Å². The summed E-state index contributed by atoms with van der Waals surface area (Å²) < 4.78 is 32.7. The molecule has 1 atom stereocenters. The molecule has 0 radical (unpaired) electrons. The van der Waals surface area contributed by atoms with Gasteiger partial charge >= 0.3 is 0 Å². The van der Waals surface area contributed by atoms with E-state index in [0.717, 1.165) is 28.0 Å². The molecule has 1 aliphatic rings. The van der Waals surface area contributed by atoms with Crippen LogP contribution < -0.4 is 5.32 Å². The maximum atomic E-state index is 13.7. The monoisotopic (exact) mass is 488 g/mol. The van der Waals surface area contributed by atoms with E-state index < -0.39 is 6.04 Å². The van der Waals surface area contributed by atoms with Crippen molar-refractivity contribution in [1.82, 2.24) is 20.4 Å². The molecule has 5 nitrogen and oxygen atoms in total. The molecular formula is C27H22F2N4OS. The minimum Gasteiger partial charge on any atom is -0.351 e. The van der Waals surface area contributed by atoms with Crippen molar-refractivity contribution >= 4 is 22.9 Å². The number of benzene rings is 3. The Morgan fingerprint density at radius 3 is 2.29 bits per heavy atom. The van der Waals surface area contributed by atoms with E-state index in [4.69, 9.17) is 16.7 Å². The Labute approximate surface area is 207 Å². The van der Waals surface area contributed by atoms with Crippen molar-refractivity contribution in [2.24, 2.45) is 0 Å². The molecule has 35 heavy (non-hydrogen) atoms. The van der Waals surface area contributed by atoms with Gasteiger partial charge in [-0.15, -0.1) is 0 Å². The Morgan fingerprint density at radius 1 is 0.943 bits per heavy atom. The first-order valence-corrected chi connectivity index (χ1v) is 11.5. The third-order valence-electron chi connectivity index (χ3n) is 6.15. The highest BCUT2D eigenvalue weighted by Crippen LogP contribution is 2.38. The summed E-state index contributed by atoms with van der Waals surface area (Å²) in [5, 5.41) is 8.05. The Hall–Kier alpha value is -3.91. The number of rotatable bonds is 5. The van der Waals surface area contributed by atoms with Gasteiger partial charge in [-0.05, 0) is 79.2 Å². The largest absolute Gasteiger partial charge is 0.351 e. The van der Waals surface area contributed by atoms with Gasteiger partial charge in [-0.2, -0.15) is 4.98 Å². The van der Waals surface area contributed by atoms with Crippen LogP contribution in [-0.2, 0) is 6.54 Å². The number of thiocarbonyl (C=S) groups is 1. The van der Waals surface area contributed by atoms with Crippen LogP contribution in [0.5, 0.6) is 0 Å². The molecule has 1 aromatic heterocycles. The first kappa shape index (κ1) is 22.9. The van der Waals surface area contributed by atoms with Crippen LogP contribution in [0, 0.1) is 18.6 Å². The Morgan fingerprint density at radius 2 is 1.60 bits per heavy atom. The van der Waals surface area contributed by atoms with E-state index in [2.05, 4.69) is 34.5 Å². The van der Waals surface area contributed by atoms with Gasteiger partial charge in [0.15, 0.2) is 5.11 Å². The molecule has 0 bridgehead atoms. The Kier molecular flexibility index (Phi) is 6.13. The normalized spacial score (nSPS) is 15.9. The van der Waals surface area contributed by atoms with E-state index >= 15 is 0 Å². The number of allylic oxidation sites excluding steroid dienone is 1. The molecule has 0 fully saturated rings. The standard InChI is InChI=1S/C27H22F2N4OS/c1-16-5-3-4-6-20(16)15-33-17(2)23(24(30-27(33)35)18-7-11-21(28)12-8-18)26-31-25(32-34-26)19-9-13-22(29)14-10-19/h3-14,24H,15H2,1-2H3,(H,30,35). The lowest BCUT2D eigenvalue weighted by atomic mass is 9.94. The molecule has 0 saturated carbocycles. The molecule has 1 N–H and O–H groups in total. The predicted molar refractivity (Wildman–Crippen MR) is 134 cm³/mol. The van der Waals surface area contributed by atoms with Crippen molar-refractivity contribution in [2.45, 2.75) is 26.4 Å². The van der Waals surface area contributed by atoms with Crippen molar-refractivity contribution < 1.29 is 13.3 Å². The highest BCUT2D eigenvalue weighted by molar-refractivity contribution is 7.80. The molecule has 5 rings (SSSR count).